The van der Waals surface area contributed by atoms with E-state index in [-0.39, 0.29) is 29.7 Å². The number of ether oxygens (including phenoxy) is 1. The maximum Gasteiger partial charge on any atom is 0.418 e. The second kappa shape index (κ2) is 9.11. The van der Waals surface area contributed by atoms with Gasteiger partial charge >= 0.3 is 6.18 Å². The zero-order valence-electron chi connectivity index (χ0n) is 21.7. The number of rotatable bonds is 5. The third kappa shape index (κ3) is 4.56. The molecular formula is C28H30ClF3N4O3. The maximum atomic E-state index is 14.0. The van der Waals surface area contributed by atoms with Gasteiger partial charge in [-0.3, -0.25) is 9.69 Å². The standard InChI is InChI=1S/C28H30ClF3N4O3/c1-26(38)14-16(15-26)24-34-23-20(28(30,31)32)12-18(13-22(23)35(24)2)39-10-9-36-7-5-27(6-8-36)19-11-17(29)3-4-21(19)33-25(27)37/h3-4,11-13,16,38H,5-10,14-15H2,1-2H3,(H,33,37). The number of carbonyl (C=O) groups is 1. The van der Waals surface area contributed by atoms with E-state index in [4.69, 9.17) is 16.3 Å². The largest absolute Gasteiger partial charge is 0.492 e. The van der Waals surface area contributed by atoms with Crippen LogP contribution >= 0.6 is 11.6 Å². The van der Waals surface area contributed by atoms with E-state index in [1.807, 2.05) is 12.1 Å². The molecule has 1 amide bonds. The number of aryl methyl sites for hydroxylation is 1. The number of fused-ring (bicyclic) bond motifs is 3. The minimum Gasteiger partial charge on any atom is -0.492 e. The molecule has 11 heteroatoms. The van der Waals surface area contributed by atoms with E-state index in [1.54, 1.807) is 30.7 Å². The Bertz CT molecular complexity index is 1450. The second-order valence-electron chi connectivity index (χ2n) is 11.4. The Labute approximate surface area is 228 Å². The van der Waals surface area contributed by atoms with E-state index in [9.17, 15) is 23.1 Å². The molecule has 39 heavy (non-hydrogen) atoms. The fraction of sp³-hybridized carbons (Fsp3) is 0.500. The summed E-state index contributed by atoms with van der Waals surface area (Å²) >= 11 is 6.20. The third-order valence-corrected chi connectivity index (χ3v) is 8.84. The smallest absolute Gasteiger partial charge is 0.418 e. The highest BCUT2D eigenvalue weighted by molar-refractivity contribution is 6.31. The van der Waals surface area contributed by atoms with Crippen molar-refractivity contribution in [1.29, 1.82) is 0 Å². The number of hydrogen-bond acceptors (Lipinski definition) is 5. The Kier molecular flexibility index (Phi) is 6.17. The molecule has 2 fully saturated rings. The number of carbonyl (C=O) groups excluding carboxylic acids is 1. The fourth-order valence-corrected chi connectivity index (χ4v) is 6.63. The Balaban J connectivity index is 1.14. The number of imidazole rings is 1. The number of hydrogen-bond donors (Lipinski definition) is 2. The number of anilines is 1. The second-order valence-corrected chi connectivity index (χ2v) is 11.8. The summed E-state index contributed by atoms with van der Waals surface area (Å²) in [5.74, 6) is 0.581. The number of aromatic nitrogens is 2. The van der Waals surface area contributed by atoms with Crippen molar-refractivity contribution in [2.24, 2.45) is 7.05 Å². The van der Waals surface area contributed by atoms with Crippen LogP contribution in [0, 0.1) is 0 Å². The molecule has 0 radical (unpaired) electrons. The quantitative estimate of drug-likeness (QED) is 0.445. The van der Waals surface area contributed by atoms with Gasteiger partial charge in [-0.2, -0.15) is 13.2 Å². The van der Waals surface area contributed by atoms with Gasteiger partial charge < -0.3 is 19.7 Å². The topological polar surface area (TPSA) is 79.6 Å². The van der Waals surface area contributed by atoms with Gasteiger partial charge in [0.2, 0.25) is 5.91 Å². The first-order chi connectivity index (χ1) is 18.4. The summed E-state index contributed by atoms with van der Waals surface area (Å²) in [5.41, 5.74) is -0.248. The van der Waals surface area contributed by atoms with Crippen LogP contribution in [0.5, 0.6) is 5.75 Å². The molecule has 1 spiro atoms. The number of piperidine rings is 1. The van der Waals surface area contributed by atoms with Gasteiger partial charge in [-0.25, -0.2) is 4.98 Å². The Morgan fingerprint density at radius 2 is 1.92 bits per heavy atom. The molecule has 3 aromatic rings. The van der Waals surface area contributed by atoms with Crippen molar-refractivity contribution in [2.45, 2.75) is 55.7 Å². The van der Waals surface area contributed by atoms with E-state index in [1.165, 1.54) is 0 Å². The average molecular weight is 563 g/mol. The molecule has 3 aliphatic rings. The molecular weight excluding hydrogens is 533 g/mol. The number of alkyl halides is 3. The lowest BCUT2D eigenvalue weighted by atomic mass is 9.72. The number of nitrogens with zero attached hydrogens (tertiary/aromatic N) is 3. The first-order valence-electron chi connectivity index (χ1n) is 13.1. The number of benzene rings is 2. The molecule has 1 saturated heterocycles. The summed E-state index contributed by atoms with van der Waals surface area (Å²) in [4.78, 5) is 19.4. The van der Waals surface area contributed by atoms with Crippen molar-refractivity contribution in [1.82, 2.24) is 14.5 Å². The summed E-state index contributed by atoms with van der Waals surface area (Å²) in [6, 6.07) is 8.08. The number of nitrogens with one attached hydrogen (secondary N) is 1. The Morgan fingerprint density at radius 1 is 1.21 bits per heavy atom. The molecule has 2 N–H and O–H groups in total. The van der Waals surface area contributed by atoms with Crippen molar-refractivity contribution in [3.05, 3.63) is 52.3 Å². The lowest BCUT2D eigenvalue weighted by Gasteiger charge is -2.40. The highest BCUT2D eigenvalue weighted by atomic mass is 35.5. The monoisotopic (exact) mass is 562 g/mol. The molecule has 1 saturated carbocycles. The molecule has 3 heterocycles. The molecule has 2 aromatic carbocycles. The number of likely N-dealkylation sites (tertiary alicyclic amines) is 1. The van der Waals surface area contributed by atoms with E-state index in [0.717, 1.165) is 17.3 Å². The number of halogens is 4. The predicted octanol–water partition coefficient (Wildman–Crippen LogP) is 5.24. The van der Waals surface area contributed by atoms with Gasteiger partial charge in [-0.1, -0.05) is 11.6 Å². The summed E-state index contributed by atoms with van der Waals surface area (Å²) in [6.45, 7) is 3.77. The number of amides is 1. The fourth-order valence-electron chi connectivity index (χ4n) is 6.46. The van der Waals surface area contributed by atoms with Crippen LogP contribution in [0.25, 0.3) is 11.0 Å². The third-order valence-electron chi connectivity index (χ3n) is 8.60. The summed E-state index contributed by atoms with van der Waals surface area (Å²) in [7, 11) is 1.70. The van der Waals surface area contributed by atoms with Crippen LogP contribution in [0.2, 0.25) is 5.02 Å². The highest BCUT2D eigenvalue weighted by Crippen LogP contribution is 2.47. The van der Waals surface area contributed by atoms with Gasteiger partial charge in [0.15, 0.2) is 0 Å². The van der Waals surface area contributed by atoms with Gasteiger partial charge in [0.05, 0.1) is 22.1 Å². The molecule has 0 bridgehead atoms. The van der Waals surface area contributed by atoms with Crippen molar-refractivity contribution >= 4 is 34.2 Å². The van der Waals surface area contributed by atoms with Gasteiger partial charge in [0.25, 0.3) is 0 Å². The zero-order chi connectivity index (χ0) is 27.7. The molecule has 2 aliphatic heterocycles. The minimum atomic E-state index is -4.59. The minimum absolute atomic E-state index is 0.00953. The van der Waals surface area contributed by atoms with Gasteiger partial charge in [0, 0.05) is 36.3 Å². The molecule has 1 aromatic heterocycles. The molecule has 0 unspecified atom stereocenters. The molecule has 1 aliphatic carbocycles. The summed E-state index contributed by atoms with van der Waals surface area (Å²) in [5, 5.41) is 13.7. The van der Waals surface area contributed by atoms with Crippen LogP contribution in [-0.2, 0) is 23.4 Å². The Hall–Kier alpha value is -2.82. The van der Waals surface area contributed by atoms with Gasteiger partial charge in [-0.05, 0) is 75.5 Å². The lowest BCUT2D eigenvalue weighted by molar-refractivity contribution is -0.136. The SMILES string of the molecule is Cn1c(C2CC(C)(O)C2)nc2c(C(F)(F)F)cc(OCCN3CCC4(CC3)C(=O)Nc3ccc(Cl)cc34)cc21. The summed E-state index contributed by atoms with van der Waals surface area (Å²) in [6.07, 6.45) is -2.40. The highest BCUT2D eigenvalue weighted by Gasteiger charge is 2.48. The average Bonchev–Trinajstić information content (AvgIpc) is 3.31. The van der Waals surface area contributed by atoms with Gasteiger partial charge in [-0.15, -0.1) is 0 Å². The van der Waals surface area contributed by atoms with E-state index in [0.29, 0.717) is 61.7 Å². The molecule has 6 rings (SSSR count). The van der Waals surface area contributed by atoms with E-state index < -0.39 is 22.8 Å². The van der Waals surface area contributed by atoms with Crippen molar-refractivity contribution < 1.29 is 27.8 Å². The molecule has 0 atom stereocenters. The number of aliphatic hydroxyl groups is 1. The summed E-state index contributed by atoms with van der Waals surface area (Å²) < 4.78 is 49.5. The first kappa shape index (κ1) is 26.4. The van der Waals surface area contributed by atoms with Crippen LogP contribution in [-0.4, -0.2) is 57.3 Å². The predicted molar refractivity (Wildman–Crippen MR) is 141 cm³/mol. The van der Waals surface area contributed by atoms with Crippen LogP contribution in [0.4, 0.5) is 18.9 Å². The van der Waals surface area contributed by atoms with Crippen LogP contribution in [0.15, 0.2) is 30.3 Å². The first-order valence-corrected chi connectivity index (χ1v) is 13.5. The van der Waals surface area contributed by atoms with Crippen molar-refractivity contribution in [3.8, 4) is 5.75 Å². The van der Waals surface area contributed by atoms with Gasteiger partial charge in [0.1, 0.15) is 23.7 Å². The van der Waals surface area contributed by atoms with Crippen LogP contribution in [0.1, 0.15) is 55.5 Å². The normalized spacial score (nSPS) is 24.6. The zero-order valence-corrected chi connectivity index (χ0v) is 22.5. The maximum absolute atomic E-state index is 14.0. The molecule has 7 nitrogen and oxygen atoms in total. The van der Waals surface area contributed by atoms with E-state index in [2.05, 4.69) is 15.2 Å². The van der Waals surface area contributed by atoms with Crippen molar-refractivity contribution in [2.75, 3.05) is 31.6 Å². The molecule has 208 valence electrons. The van der Waals surface area contributed by atoms with Crippen LogP contribution < -0.4 is 10.1 Å². The van der Waals surface area contributed by atoms with E-state index >= 15 is 0 Å². The van der Waals surface area contributed by atoms with Crippen LogP contribution in [0.3, 0.4) is 0 Å². The Morgan fingerprint density at radius 3 is 2.59 bits per heavy atom. The lowest BCUT2D eigenvalue weighted by Crippen LogP contribution is -2.47. The van der Waals surface area contributed by atoms with Crippen molar-refractivity contribution in [3.63, 3.8) is 0 Å².